The summed E-state index contributed by atoms with van der Waals surface area (Å²) in [5.74, 6) is 0.0481. The Bertz CT molecular complexity index is 600. The quantitative estimate of drug-likeness (QED) is 0.793. The number of hydrogen-bond acceptors (Lipinski definition) is 4. The second kappa shape index (κ2) is 6.74. The van der Waals surface area contributed by atoms with Crippen LogP contribution < -0.4 is 11.1 Å². The normalized spacial score (nSPS) is 12.1. The lowest BCUT2D eigenvalue weighted by Gasteiger charge is -2.12. The Morgan fingerprint density at radius 1 is 1.33 bits per heavy atom. The number of thiophene rings is 1. The molecule has 0 unspecified atom stereocenters. The molecule has 112 valence electrons. The lowest BCUT2D eigenvalue weighted by Crippen LogP contribution is -2.41. The smallest absolute Gasteiger partial charge is 0.237 e. The molecule has 5 heteroatoms. The second-order valence-corrected chi connectivity index (χ2v) is 6.49. The minimum atomic E-state index is -0.586. The zero-order chi connectivity index (χ0) is 15.4. The van der Waals surface area contributed by atoms with Gasteiger partial charge in [-0.2, -0.15) is 0 Å². The Morgan fingerprint density at radius 2 is 2.00 bits per heavy atom. The third kappa shape index (κ3) is 4.31. The van der Waals surface area contributed by atoms with Gasteiger partial charge < -0.3 is 16.2 Å². The van der Waals surface area contributed by atoms with E-state index in [1.54, 1.807) is 35.6 Å². The largest absolute Gasteiger partial charge is 0.508 e. The highest BCUT2D eigenvalue weighted by molar-refractivity contribution is 7.12. The first-order chi connectivity index (χ1) is 9.95. The maximum absolute atomic E-state index is 12.0. The summed E-state index contributed by atoms with van der Waals surface area (Å²) in [4.78, 5) is 14.4. The van der Waals surface area contributed by atoms with Gasteiger partial charge in [0.15, 0.2) is 0 Å². The molecule has 0 aliphatic rings. The van der Waals surface area contributed by atoms with Crippen LogP contribution in [0.4, 0.5) is 0 Å². The highest BCUT2D eigenvalue weighted by Gasteiger charge is 2.14. The van der Waals surface area contributed by atoms with E-state index in [2.05, 4.69) is 25.2 Å². The zero-order valence-corrected chi connectivity index (χ0v) is 13.0. The minimum absolute atomic E-state index is 0.160. The molecule has 0 radical (unpaired) electrons. The number of benzene rings is 1. The summed E-state index contributed by atoms with van der Waals surface area (Å²) in [5.41, 5.74) is 8.09. The molecular weight excluding hydrogens is 284 g/mol. The Balaban J connectivity index is 1.86. The number of hydrogen-bond donors (Lipinski definition) is 3. The summed E-state index contributed by atoms with van der Waals surface area (Å²) in [6.07, 6.45) is 0.453. The number of carbonyl (C=O) groups is 1. The van der Waals surface area contributed by atoms with E-state index in [-0.39, 0.29) is 11.7 Å². The van der Waals surface area contributed by atoms with E-state index in [1.165, 1.54) is 10.4 Å². The molecule has 0 saturated carbocycles. The molecule has 0 fully saturated rings. The van der Waals surface area contributed by atoms with Crippen LogP contribution in [0.3, 0.4) is 0 Å². The number of carbonyl (C=O) groups excluding carboxylic acids is 1. The fourth-order valence-electron chi connectivity index (χ4n) is 2.02. The summed E-state index contributed by atoms with van der Waals surface area (Å²) in [6, 6.07) is 8.24. The van der Waals surface area contributed by atoms with E-state index in [9.17, 15) is 9.90 Å². The van der Waals surface area contributed by atoms with Crippen LogP contribution in [0.25, 0.3) is 0 Å². The molecule has 1 heterocycles. The molecule has 1 amide bonds. The van der Waals surface area contributed by atoms with Crippen molar-refractivity contribution >= 4 is 17.2 Å². The molecular formula is C16H20N2O2S. The minimum Gasteiger partial charge on any atom is -0.508 e. The van der Waals surface area contributed by atoms with Gasteiger partial charge in [0, 0.05) is 9.75 Å². The van der Waals surface area contributed by atoms with Gasteiger partial charge in [-0.1, -0.05) is 12.1 Å². The van der Waals surface area contributed by atoms with E-state index in [4.69, 9.17) is 5.73 Å². The molecule has 21 heavy (non-hydrogen) atoms. The molecule has 0 aliphatic heterocycles. The number of nitrogens with two attached hydrogens (primary N) is 1. The standard InChI is InChI=1S/C16H20N2O2S/c1-10-7-14(21-11(10)2)9-18-16(20)15(17)8-12-3-5-13(19)6-4-12/h3-7,15,19H,8-9,17H2,1-2H3,(H,18,20)/t15-/m0/s1. The van der Waals surface area contributed by atoms with Crippen molar-refractivity contribution in [2.24, 2.45) is 5.73 Å². The average Bonchev–Trinajstić information content (AvgIpc) is 2.77. The van der Waals surface area contributed by atoms with Crippen molar-refractivity contribution in [3.05, 3.63) is 51.2 Å². The van der Waals surface area contributed by atoms with E-state index < -0.39 is 6.04 Å². The number of nitrogens with one attached hydrogen (secondary N) is 1. The predicted octanol–water partition coefficient (Wildman–Crippen LogP) is 2.26. The molecule has 4 N–H and O–H groups in total. The molecule has 0 spiro atoms. The van der Waals surface area contributed by atoms with E-state index in [1.807, 2.05) is 0 Å². The third-order valence-corrected chi connectivity index (χ3v) is 4.54. The van der Waals surface area contributed by atoms with Crippen LogP contribution in [-0.4, -0.2) is 17.1 Å². The topological polar surface area (TPSA) is 75.4 Å². The van der Waals surface area contributed by atoms with Gasteiger partial charge in [-0.05, 0) is 49.6 Å². The first-order valence-corrected chi connectivity index (χ1v) is 7.64. The molecule has 2 rings (SSSR count). The van der Waals surface area contributed by atoms with Crippen molar-refractivity contribution in [1.29, 1.82) is 0 Å². The van der Waals surface area contributed by atoms with E-state index in [0.717, 1.165) is 10.4 Å². The summed E-state index contributed by atoms with van der Waals surface area (Å²) in [6.45, 7) is 4.65. The molecule has 0 aliphatic carbocycles. The molecule has 1 atom stereocenters. The van der Waals surface area contributed by atoms with Crippen LogP contribution in [0.1, 0.15) is 20.9 Å². The van der Waals surface area contributed by atoms with Crippen LogP contribution in [0.2, 0.25) is 0 Å². The third-order valence-electron chi connectivity index (χ3n) is 3.38. The fourth-order valence-corrected chi connectivity index (χ4v) is 3.01. The Hall–Kier alpha value is -1.85. The van der Waals surface area contributed by atoms with Crippen molar-refractivity contribution < 1.29 is 9.90 Å². The lowest BCUT2D eigenvalue weighted by molar-refractivity contribution is -0.122. The monoisotopic (exact) mass is 304 g/mol. The maximum atomic E-state index is 12.0. The van der Waals surface area contributed by atoms with Crippen molar-refractivity contribution in [2.75, 3.05) is 0 Å². The highest BCUT2D eigenvalue weighted by atomic mass is 32.1. The Morgan fingerprint density at radius 3 is 2.57 bits per heavy atom. The van der Waals surface area contributed by atoms with Crippen LogP contribution in [-0.2, 0) is 17.8 Å². The van der Waals surface area contributed by atoms with Gasteiger partial charge in [0.25, 0.3) is 0 Å². The van der Waals surface area contributed by atoms with Crippen molar-refractivity contribution in [3.63, 3.8) is 0 Å². The SMILES string of the molecule is Cc1cc(CNC(=O)[C@@H](N)Cc2ccc(O)cc2)sc1C. The van der Waals surface area contributed by atoms with E-state index in [0.29, 0.717) is 13.0 Å². The van der Waals surface area contributed by atoms with Gasteiger partial charge in [0.05, 0.1) is 12.6 Å². The average molecular weight is 304 g/mol. The van der Waals surface area contributed by atoms with Crippen LogP contribution in [0.5, 0.6) is 5.75 Å². The number of phenols is 1. The van der Waals surface area contributed by atoms with Crippen LogP contribution in [0.15, 0.2) is 30.3 Å². The summed E-state index contributed by atoms with van der Waals surface area (Å²) < 4.78 is 0. The fraction of sp³-hybridized carbons (Fsp3) is 0.312. The first kappa shape index (κ1) is 15.5. The number of phenolic OH excluding ortho intramolecular Hbond substituents is 1. The van der Waals surface area contributed by atoms with Gasteiger partial charge in [0.1, 0.15) is 5.75 Å². The second-order valence-electron chi connectivity index (χ2n) is 5.15. The first-order valence-electron chi connectivity index (χ1n) is 6.83. The highest BCUT2D eigenvalue weighted by Crippen LogP contribution is 2.20. The van der Waals surface area contributed by atoms with Crippen molar-refractivity contribution in [1.82, 2.24) is 5.32 Å². The van der Waals surface area contributed by atoms with Gasteiger partial charge in [-0.25, -0.2) is 0 Å². The molecule has 1 aromatic heterocycles. The summed E-state index contributed by atoms with van der Waals surface area (Å²) in [5, 5.41) is 12.1. The maximum Gasteiger partial charge on any atom is 0.237 e. The molecule has 1 aromatic carbocycles. The number of aromatic hydroxyl groups is 1. The van der Waals surface area contributed by atoms with Crippen molar-refractivity contribution in [2.45, 2.75) is 32.9 Å². The summed E-state index contributed by atoms with van der Waals surface area (Å²) >= 11 is 1.69. The van der Waals surface area contributed by atoms with Crippen LogP contribution in [0, 0.1) is 13.8 Å². The zero-order valence-electron chi connectivity index (χ0n) is 12.2. The molecule has 4 nitrogen and oxygen atoms in total. The summed E-state index contributed by atoms with van der Waals surface area (Å²) in [7, 11) is 0. The number of amides is 1. The van der Waals surface area contributed by atoms with Gasteiger partial charge in [-0.3, -0.25) is 4.79 Å². The van der Waals surface area contributed by atoms with Crippen LogP contribution >= 0.6 is 11.3 Å². The molecule has 0 saturated heterocycles. The van der Waals surface area contributed by atoms with Gasteiger partial charge in [0.2, 0.25) is 5.91 Å². The molecule has 2 aromatic rings. The van der Waals surface area contributed by atoms with E-state index >= 15 is 0 Å². The lowest BCUT2D eigenvalue weighted by atomic mass is 10.1. The van der Waals surface area contributed by atoms with Crippen molar-refractivity contribution in [3.8, 4) is 5.75 Å². The molecule has 0 bridgehead atoms. The Kier molecular flexibility index (Phi) is 4.98. The van der Waals surface area contributed by atoms with Gasteiger partial charge >= 0.3 is 0 Å². The van der Waals surface area contributed by atoms with Gasteiger partial charge in [-0.15, -0.1) is 11.3 Å². The Labute approximate surface area is 128 Å². The number of rotatable bonds is 5. The number of aryl methyl sites for hydroxylation is 2. The predicted molar refractivity (Wildman–Crippen MR) is 85.4 cm³/mol.